The van der Waals surface area contributed by atoms with Crippen molar-refractivity contribution < 1.29 is 9.59 Å². The van der Waals surface area contributed by atoms with Gasteiger partial charge in [-0.05, 0) is 37.8 Å². The Morgan fingerprint density at radius 2 is 1.88 bits per heavy atom. The molecule has 2 heterocycles. The van der Waals surface area contributed by atoms with Gasteiger partial charge in [0.05, 0.1) is 17.3 Å². The van der Waals surface area contributed by atoms with Crippen LogP contribution in [0.5, 0.6) is 0 Å². The number of nitrogens with zero attached hydrogens (tertiary/aromatic N) is 3. The molecule has 1 saturated heterocycles. The van der Waals surface area contributed by atoms with Crippen molar-refractivity contribution in [3.8, 4) is 0 Å². The third kappa shape index (κ3) is 3.47. The topological polar surface area (TPSA) is 91.0 Å². The van der Waals surface area contributed by atoms with Crippen molar-refractivity contribution in [1.82, 2.24) is 20.3 Å². The summed E-state index contributed by atoms with van der Waals surface area (Å²) >= 11 is 0. The molecule has 1 aromatic carbocycles. The molecule has 26 heavy (non-hydrogen) atoms. The number of carbonyl (C=O) groups excluding carboxylic acids is 2. The van der Waals surface area contributed by atoms with E-state index in [9.17, 15) is 9.59 Å². The molecule has 1 aliphatic carbocycles. The Bertz CT molecular complexity index is 788. The highest BCUT2D eigenvalue weighted by molar-refractivity contribution is 5.93. The smallest absolute Gasteiger partial charge is 0.229 e. The molecular weight excluding hydrogens is 330 g/mol. The van der Waals surface area contributed by atoms with E-state index in [1.54, 1.807) is 0 Å². The summed E-state index contributed by atoms with van der Waals surface area (Å²) in [6.07, 6.45) is 3.91. The number of fused-ring (bicyclic) bond motifs is 1. The highest BCUT2D eigenvalue weighted by atomic mass is 16.2. The predicted molar refractivity (Wildman–Crippen MR) is 96.3 cm³/mol. The monoisotopic (exact) mass is 353 g/mol. The molecule has 1 fully saturated rings. The molecule has 2 N–H and O–H groups in total. The number of aromatic nitrogens is 3. The second-order valence-corrected chi connectivity index (χ2v) is 7.14. The summed E-state index contributed by atoms with van der Waals surface area (Å²) in [5.74, 6) is -0.0605. The predicted octanol–water partition coefficient (Wildman–Crippen LogP) is 1.79. The lowest BCUT2D eigenvalue weighted by molar-refractivity contribution is -0.138. The van der Waals surface area contributed by atoms with Gasteiger partial charge in [0.25, 0.3) is 0 Å². The van der Waals surface area contributed by atoms with Gasteiger partial charge in [0.15, 0.2) is 0 Å². The number of anilines is 1. The number of para-hydroxylation sites is 1. The standard InChI is InChI=1S/C19H23N5O2/c25-18(20-15-6-2-1-3-7-15)14-5-4-10-24(12-14)19(26)13-8-9-16-17(11-13)22-23-21-16/h1-3,6-7,13-14H,4-5,8-12H2,(H,20,25)(H,21,22,23). The Balaban J connectivity index is 1.37. The van der Waals surface area contributed by atoms with E-state index in [0.29, 0.717) is 13.0 Å². The molecule has 0 bridgehead atoms. The van der Waals surface area contributed by atoms with E-state index in [-0.39, 0.29) is 23.7 Å². The number of hydrogen-bond acceptors (Lipinski definition) is 4. The number of nitrogens with one attached hydrogen (secondary N) is 2. The van der Waals surface area contributed by atoms with Crippen molar-refractivity contribution in [2.24, 2.45) is 11.8 Å². The highest BCUT2D eigenvalue weighted by Crippen LogP contribution is 2.26. The minimum Gasteiger partial charge on any atom is -0.342 e. The molecule has 2 atom stereocenters. The summed E-state index contributed by atoms with van der Waals surface area (Å²) < 4.78 is 0. The lowest BCUT2D eigenvalue weighted by atomic mass is 9.87. The summed E-state index contributed by atoms with van der Waals surface area (Å²) in [4.78, 5) is 27.4. The van der Waals surface area contributed by atoms with E-state index in [1.807, 2.05) is 35.2 Å². The largest absolute Gasteiger partial charge is 0.342 e. The summed E-state index contributed by atoms with van der Waals surface area (Å²) in [7, 11) is 0. The number of amides is 2. The first-order valence-corrected chi connectivity index (χ1v) is 9.24. The van der Waals surface area contributed by atoms with Crippen LogP contribution in [0.4, 0.5) is 5.69 Å². The molecule has 2 amide bonds. The van der Waals surface area contributed by atoms with Crippen LogP contribution in [-0.2, 0) is 22.4 Å². The Hall–Kier alpha value is -2.70. The summed E-state index contributed by atoms with van der Waals surface area (Å²) in [6, 6.07) is 9.46. The van der Waals surface area contributed by atoms with E-state index in [2.05, 4.69) is 20.7 Å². The first kappa shape index (κ1) is 16.8. The lowest BCUT2D eigenvalue weighted by Crippen LogP contribution is -2.46. The van der Waals surface area contributed by atoms with Gasteiger partial charge >= 0.3 is 0 Å². The second kappa shape index (κ2) is 7.27. The van der Waals surface area contributed by atoms with Gasteiger partial charge in [-0.3, -0.25) is 9.59 Å². The fourth-order valence-corrected chi connectivity index (χ4v) is 3.91. The zero-order valence-electron chi connectivity index (χ0n) is 14.6. The van der Waals surface area contributed by atoms with Gasteiger partial charge in [-0.1, -0.05) is 18.2 Å². The summed E-state index contributed by atoms with van der Waals surface area (Å²) in [5.41, 5.74) is 2.68. The van der Waals surface area contributed by atoms with Gasteiger partial charge in [-0.15, -0.1) is 0 Å². The van der Waals surface area contributed by atoms with Crippen LogP contribution in [0.15, 0.2) is 30.3 Å². The molecule has 0 saturated carbocycles. The van der Waals surface area contributed by atoms with Crippen molar-refractivity contribution in [2.45, 2.75) is 32.1 Å². The number of hydrogen-bond donors (Lipinski definition) is 2. The van der Waals surface area contributed by atoms with E-state index >= 15 is 0 Å². The maximum absolute atomic E-state index is 12.9. The maximum Gasteiger partial charge on any atom is 0.229 e. The van der Waals surface area contributed by atoms with Gasteiger partial charge in [0.2, 0.25) is 11.8 Å². The first-order chi connectivity index (χ1) is 12.7. The quantitative estimate of drug-likeness (QED) is 0.880. The van der Waals surface area contributed by atoms with Crippen molar-refractivity contribution in [2.75, 3.05) is 18.4 Å². The van der Waals surface area contributed by atoms with E-state index < -0.39 is 0 Å². The third-order valence-electron chi connectivity index (χ3n) is 5.37. The van der Waals surface area contributed by atoms with E-state index in [4.69, 9.17) is 0 Å². The molecule has 2 unspecified atom stereocenters. The van der Waals surface area contributed by atoms with Crippen molar-refractivity contribution in [1.29, 1.82) is 0 Å². The highest BCUT2D eigenvalue weighted by Gasteiger charge is 2.34. The number of aromatic amines is 1. The van der Waals surface area contributed by atoms with E-state index in [1.165, 1.54) is 0 Å². The Morgan fingerprint density at radius 1 is 1.08 bits per heavy atom. The fraction of sp³-hybridized carbons (Fsp3) is 0.474. The average Bonchev–Trinajstić information content (AvgIpc) is 3.16. The molecular formula is C19H23N5O2. The molecule has 2 aliphatic rings. The van der Waals surface area contributed by atoms with Crippen LogP contribution in [0.3, 0.4) is 0 Å². The summed E-state index contributed by atoms with van der Waals surface area (Å²) in [5, 5.41) is 13.9. The molecule has 0 radical (unpaired) electrons. The van der Waals surface area contributed by atoms with Crippen LogP contribution in [0, 0.1) is 11.8 Å². The number of benzene rings is 1. The molecule has 7 heteroatoms. The van der Waals surface area contributed by atoms with Gasteiger partial charge in [-0.25, -0.2) is 0 Å². The van der Waals surface area contributed by atoms with Gasteiger partial charge in [0.1, 0.15) is 0 Å². The molecule has 136 valence electrons. The number of rotatable bonds is 3. The normalized spacial score (nSPS) is 22.5. The Labute approximate surface area is 152 Å². The zero-order valence-corrected chi connectivity index (χ0v) is 14.6. The van der Waals surface area contributed by atoms with Crippen molar-refractivity contribution in [3.63, 3.8) is 0 Å². The minimum absolute atomic E-state index is 0.00358. The van der Waals surface area contributed by atoms with Crippen LogP contribution in [0.2, 0.25) is 0 Å². The van der Waals surface area contributed by atoms with Crippen LogP contribution >= 0.6 is 0 Å². The SMILES string of the molecule is O=C(Nc1ccccc1)C1CCCN(C(=O)C2CCc3n[nH]nc3C2)C1. The van der Waals surface area contributed by atoms with Crippen LogP contribution in [0.1, 0.15) is 30.7 Å². The number of aryl methyl sites for hydroxylation is 1. The lowest BCUT2D eigenvalue weighted by Gasteiger charge is -2.35. The number of H-pyrrole nitrogens is 1. The minimum atomic E-state index is -0.154. The second-order valence-electron chi connectivity index (χ2n) is 7.14. The van der Waals surface area contributed by atoms with E-state index in [0.717, 1.165) is 49.3 Å². The third-order valence-corrected chi connectivity index (χ3v) is 5.37. The van der Waals surface area contributed by atoms with Crippen LogP contribution in [-0.4, -0.2) is 45.2 Å². The molecule has 7 nitrogen and oxygen atoms in total. The molecule has 1 aliphatic heterocycles. The molecule has 1 aromatic heterocycles. The van der Waals surface area contributed by atoms with Crippen LogP contribution in [0.25, 0.3) is 0 Å². The summed E-state index contributed by atoms with van der Waals surface area (Å²) in [6.45, 7) is 1.23. The molecule has 4 rings (SSSR count). The van der Waals surface area contributed by atoms with Crippen molar-refractivity contribution >= 4 is 17.5 Å². The molecule has 2 aromatic rings. The number of likely N-dealkylation sites (tertiary alicyclic amines) is 1. The first-order valence-electron chi connectivity index (χ1n) is 9.24. The van der Waals surface area contributed by atoms with Gasteiger partial charge in [0, 0.05) is 31.1 Å². The van der Waals surface area contributed by atoms with Gasteiger partial charge < -0.3 is 10.2 Å². The zero-order chi connectivity index (χ0) is 17.9. The fourth-order valence-electron chi connectivity index (χ4n) is 3.91. The van der Waals surface area contributed by atoms with Gasteiger partial charge in [-0.2, -0.15) is 15.4 Å². The Kier molecular flexibility index (Phi) is 4.69. The average molecular weight is 353 g/mol. The number of piperidine rings is 1. The Morgan fingerprint density at radius 3 is 2.73 bits per heavy atom. The maximum atomic E-state index is 12.9. The molecule has 0 spiro atoms. The van der Waals surface area contributed by atoms with Crippen LogP contribution < -0.4 is 5.32 Å². The number of carbonyl (C=O) groups is 2. The van der Waals surface area contributed by atoms with Crippen molar-refractivity contribution in [3.05, 3.63) is 41.7 Å².